The van der Waals surface area contributed by atoms with Crippen molar-refractivity contribution in [1.82, 2.24) is 10.6 Å². The van der Waals surface area contributed by atoms with Crippen LogP contribution in [-0.4, -0.2) is 309 Å². The van der Waals surface area contributed by atoms with E-state index in [-0.39, 0.29) is 84.8 Å². The molecule has 0 aromatic heterocycles. The first-order valence-electron chi connectivity index (χ1n) is 28.2. The number of ether oxygens (including phenoxy) is 22. The van der Waals surface area contributed by atoms with E-state index in [9.17, 15) is 14.4 Å². The van der Waals surface area contributed by atoms with Crippen LogP contribution in [0.4, 0.5) is 9.59 Å². The Morgan fingerprint density at radius 3 is 0.802 bits per heavy atom. The first kappa shape index (κ1) is 78.4. The van der Waals surface area contributed by atoms with E-state index >= 15 is 0 Å². The summed E-state index contributed by atoms with van der Waals surface area (Å²) in [6.45, 7) is 18.6. The van der Waals surface area contributed by atoms with Crippen molar-refractivity contribution in [3.63, 3.8) is 0 Å². The monoisotopic (exact) mass is 1180 g/mol. The number of ketones is 1. The van der Waals surface area contributed by atoms with Gasteiger partial charge in [-0.1, -0.05) is 20.8 Å². The number of rotatable bonds is 65. The number of carbonyl (C=O) groups excluding carboxylic acids is 3. The summed E-state index contributed by atoms with van der Waals surface area (Å²) in [6.07, 6.45) is -1.81. The van der Waals surface area contributed by atoms with Crippen molar-refractivity contribution >= 4 is 18.0 Å². The number of methoxy groups -OCH3 is 4. The molecular weight excluding hydrogens is 1080 g/mol. The highest BCUT2D eigenvalue weighted by atomic mass is 16.6. The van der Waals surface area contributed by atoms with Crippen LogP contribution in [0.15, 0.2) is 0 Å². The highest BCUT2D eigenvalue weighted by molar-refractivity contribution is 5.91. The summed E-state index contributed by atoms with van der Waals surface area (Å²) in [5.41, 5.74) is -0.780. The van der Waals surface area contributed by atoms with Crippen molar-refractivity contribution in [2.75, 3.05) is 273 Å². The first-order chi connectivity index (χ1) is 39.6. The van der Waals surface area contributed by atoms with Crippen LogP contribution >= 0.6 is 0 Å². The number of unbranched alkanes of at least 4 members (excludes halogenated alkanes) is 1. The summed E-state index contributed by atoms with van der Waals surface area (Å²) in [4.78, 5) is 40.0. The second-order valence-electron chi connectivity index (χ2n) is 18.4. The van der Waals surface area contributed by atoms with Crippen LogP contribution in [0.1, 0.15) is 40.0 Å². The van der Waals surface area contributed by atoms with Crippen molar-refractivity contribution in [3.8, 4) is 0 Å². The largest absolute Gasteiger partial charge is 0.441 e. The molecule has 27 nitrogen and oxygen atoms in total. The zero-order valence-corrected chi connectivity index (χ0v) is 50.2. The number of Topliss-reactive ketones (excluding diaryl/α,β-unsaturated/α-hetero) is 1. The molecule has 81 heavy (non-hydrogen) atoms. The quantitative estimate of drug-likeness (QED) is 0.0826. The van der Waals surface area contributed by atoms with Gasteiger partial charge in [0.05, 0.1) is 244 Å². The number of alkyl carbamates (subject to hydrolysis) is 2. The first-order valence-corrected chi connectivity index (χ1v) is 28.2. The molecule has 0 spiro atoms. The molecule has 0 rings (SSSR count). The van der Waals surface area contributed by atoms with E-state index in [1.54, 1.807) is 49.2 Å². The fourth-order valence-electron chi connectivity index (χ4n) is 6.28. The summed E-state index contributed by atoms with van der Waals surface area (Å²) in [5.74, 6) is -0.185. The van der Waals surface area contributed by atoms with Gasteiger partial charge in [0.2, 0.25) is 0 Å². The fourth-order valence-corrected chi connectivity index (χ4v) is 6.28. The Kier molecular flexibility index (Phi) is 60.0. The second-order valence-corrected chi connectivity index (χ2v) is 18.4. The Labute approximate surface area is 482 Å². The number of amides is 2. The molecule has 0 saturated carbocycles. The molecule has 482 valence electrons. The van der Waals surface area contributed by atoms with Gasteiger partial charge in [-0.15, -0.1) is 0 Å². The number of hydrogen-bond donors (Lipinski definition) is 2. The molecule has 0 saturated heterocycles. The van der Waals surface area contributed by atoms with Gasteiger partial charge in [-0.3, -0.25) is 4.79 Å². The summed E-state index contributed by atoms with van der Waals surface area (Å²) in [5, 5.41) is 5.53. The maximum atomic E-state index is 13.6. The van der Waals surface area contributed by atoms with Crippen molar-refractivity contribution in [3.05, 3.63) is 0 Å². The Morgan fingerprint density at radius 2 is 0.556 bits per heavy atom. The van der Waals surface area contributed by atoms with Gasteiger partial charge in [0, 0.05) is 40.4 Å². The topological polar surface area (TPSA) is 278 Å². The number of hydrogen-bond acceptors (Lipinski definition) is 25. The molecule has 0 fully saturated rings. The Balaban J connectivity index is 5.15. The zero-order chi connectivity index (χ0) is 59.2. The maximum absolute atomic E-state index is 13.6. The molecule has 0 radical (unpaired) electrons. The summed E-state index contributed by atoms with van der Waals surface area (Å²) < 4.78 is 120. The number of carbonyl (C=O) groups is 3. The average Bonchev–Trinajstić information content (AvgIpc) is 3.44. The van der Waals surface area contributed by atoms with Crippen LogP contribution in [-0.2, 0) is 109 Å². The van der Waals surface area contributed by atoms with E-state index in [1.807, 2.05) is 0 Å². The molecule has 1 unspecified atom stereocenters. The lowest BCUT2D eigenvalue weighted by Gasteiger charge is -2.26. The molecule has 0 aliphatic rings. The van der Waals surface area contributed by atoms with Gasteiger partial charge in [-0.2, -0.15) is 0 Å². The van der Waals surface area contributed by atoms with E-state index in [4.69, 9.17) is 104 Å². The Bertz CT molecular complexity index is 1280. The molecule has 0 aliphatic carbocycles. The van der Waals surface area contributed by atoms with Gasteiger partial charge in [-0.25, -0.2) is 9.59 Å². The van der Waals surface area contributed by atoms with E-state index in [0.717, 1.165) is 0 Å². The maximum Gasteiger partial charge on any atom is 0.408 e. The highest BCUT2D eigenvalue weighted by Gasteiger charge is 2.31. The van der Waals surface area contributed by atoms with Crippen LogP contribution in [0.3, 0.4) is 0 Å². The molecule has 0 bridgehead atoms. The van der Waals surface area contributed by atoms with E-state index in [2.05, 4.69) is 10.6 Å². The molecular formula is C54H106N2O25. The van der Waals surface area contributed by atoms with Gasteiger partial charge in [-0.05, 0) is 19.3 Å². The lowest BCUT2D eigenvalue weighted by atomic mass is 9.85. The van der Waals surface area contributed by atoms with Crippen molar-refractivity contribution in [2.24, 2.45) is 5.41 Å². The molecule has 2 amide bonds. The molecule has 1 atom stereocenters. The summed E-state index contributed by atoms with van der Waals surface area (Å²) in [6, 6.07) is -0.879. The minimum atomic E-state index is -0.879. The van der Waals surface area contributed by atoms with Crippen LogP contribution in [0.2, 0.25) is 0 Å². The van der Waals surface area contributed by atoms with Crippen LogP contribution in [0.25, 0.3) is 0 Å². The van der Waals surface area contributed by atoms with Crippen molar-refractivity contribution in [2.45, 2.75) is 58.3 Å². The minimum absolute atomic E-state index is 0.00170. The summed E-state index contributed by atoms with van der Waals surface area (Å²) >= 11 is 0. The molecule has 27 heteroatoms. The van der Waals surface area contributed by atoms with Crippen molar-refractivity contribution < 1.29 is 119 Å². The molecule has 2 N–H and O–H groups in total. The summed E-state index contributed by atoms with van der Waals surface area (Å²) in [7, 11) is 6.46. The van der Waals surface area contributed by atoms with E-state index in [1.165, 1.54) is 0 Å². The number of nitrogens with one attached hydrogen (secondary N) is 2. The molecule has 0 aromatic rings. The Hall–Kier alpha value is -2.59. The third kappa shape index (κ3) is 57.6. The fraction of sp³-hybridized carbons (Fsp3) is 0.944. The third-order valence-electron chi connectivity index (χ3n) is 10.5. The minimum Gasteiger partial charge on any atom is -0.441 e. The highest BCUT2D eigenvalue weighted by Crippen LogP contribution is 2.20. The van der Waals surface area contributed by atoms with Gasteiger partial charge >= 0.3 is 12.2 Å². The second kappa shape index (κ2) is 62.0. The Morgan fingerprint density at radius 1 is 0.321 bits per heavy atom. The van der Waals surface area contributed by atoms with Crippen LogP contribution < -0.4 is 10.6 Å². The van der Waals surface area contributed by atoms with Gasteiger partial charge in [0.15, 0.2) is 18.0 Å². The van der Waals surface area contributed by atoms with Crippen LogP contribution in [0.5, 0.6) is 0 Å². The van der Waals surface area contributed by atoms with E-state index in [0.29, 0.717) is 185 Å². The lowest BCUT2D eigenvalue weighted by Crippen LogP contribution is -2.47. The van der Waals surface area contributed by atoms with Crippen LogP contribution in [0, 0.1) is 5.41 Å². The van der Waals surface area contributed by atoms with E-state index < -0.39 is 35.9 Å². The van der Waals surface area contributed by atoms with Gasteiger partial charge < -0.3 is 115 Å². The zero-order valence-electron chi connectivity index (χ0n) is 50.2. The predicted molar refractivity (Wildman–Crippen MR) is 294 cm³/mol. The standard InChI is InChI=1S/C54H106N2O25/c1-54(2,3)51(57)50(56-53(59)81-49(46-78-42-38-74-34-30-70-26-22-66-18-14-62-6)47-79-43-39-75-35-31-71-27-23-67-19-15-63-7)10-8-9-11-55-52(58)80-48(44-76-40-36-72-32-28-68-24-20-64-16-12-60-4)45-77-41-37-73-33-29-69-25-21-65-17-13-61-5/h48-50H,8-47H2,1-7H3,(H,55,58)(H,56,59). The third-order valence-corrected chi connectivity index (χ3v) is 10.5. The SMILES string of the molecule is COCCOCCOCCOCCOCC(COCCOCCOCCOCCOC)OC(=O)NCCCCC(NC(=O)OC(COCCOCCOCCOCCOC)COCCOCCOCCOCCOC)C(=O)C(C)(C)C. The van der Waals surface area contributed by atoms with Gasteiger partial charge in [0.1, 0.15) is 0 Å². The van der Waals surface area contributed by atoms with Gasteiger partial charge in [0.25, 0.3) is 0 Å². The molecule has 0 aromatic carbocycles. The van der Waals surface area contributed by atoms with Crippen molar-refractivity contribution in [1.29, 1.82) is 0 Å². The lowest BCUT2D eigenvalue weighted by molar-refractivity contribution is -0.128. The predicted octanol–water partition coefficient (Wildman–Crippen LogP) is 2.18. The molecule has 0 aliphatic heterocycles. The normalized spacial score (nSPS) is 12.2. The molecule has 0 heterocycles. The smallest absolute Gasteiger partial charge is 0.408 e. The average molecular weight is 1180 g/mol.